The van der Waals surface area contributed by atoms with Crippen LogP contribution in [-0.2, 0) is 8.85 Å². The van der Waals surface area contributed by atoms with Crippen molar-refractivity contribution in [3.8, 4) is 0 Å². The zero-order chi connectivity index (χ0) is 11.1. The fraction of sp³-hybridized carbons (Fsp3) is 1.00. The summed E-state index contributed by atoms with van der Waals surface area (Å²) >= 11 is 2.46. The topological polar surface area (TPSA) is 18.5 Å². The van der Waals surface area contributed by atoms with Crippen LogP contribution in [0.5, 0.6) is 0 Å². The van der Waals surface area contributed by atoms with Crippen molar-refractivity contribution in [3.63, 3.8) is 0 Å². The van der Waals surface area contributed by atoms with Crippen LogP contribution in [0, 0.1) is 0 Å². The Bertz CT molecular complexity index is 166. The maximum Gasteiger partial charge on any atom is 0.351 e. The Morgan fingerprint density at radius 3 is 2.00 bits per heavy atom. The van der Waals surface area contributed by atoms with Gasteiger partial charge in [-0.15, -0.1) is 0 Å². The second-order valence-corrected chi connectivity index (χ2v) is 9.72. The van der Waals surface area contributed by atoms with Gasteiger partial charge in [0.05, 0.1) is 0 Å². The molecule has 90 valence electrons. The van der Waals surface area contributed by atoms with Gasteiger partial charge in [0.2, 0.25) is 0 Å². The van der Waals surface area contributed by atoms with E-state index >= 15 is 0 Å². The van der Waals surface area contributed by atoms with Crippen LogP contribution in [0.15, 0.2) is 0 Å². The second kappa shape index (κ2) is 7.24. The minimum atomic E-state index is -1.88. The molecule has 2 nitrogen and oxygen atoms in total. The third kappa shape index (κ3) is 3.68. The van der Waals surface area contributed by atoms with Crippen LogP contribution in [0.4, 0.5) is 0 Å². The lowest BCUT2D eigenvalue weighted by atomic mass is 10.0. The summed E-state index contributed by atoms with van der Waals surface area (Å²) in [7, 11) is -1.88. The molecule has 1 aliphatic rings. The van der Waals surface area contributed by atoms with Crippen molar-refractivity contribution in [2.24, 2.45) is 0 Å². The lowest BCUT2D eigenvalue weighted by Gasteiger charge is -2.37. The van der Waals surface area contributed by atoms with Gasteiger partial charge in [-0.25, -0.2) is 0 Å². The molecule has 0 N–H and O–H groups in total. The zero-order valence-corrected chi connectivity index (χ0v) is 13.1. The Morgan fingerprint density at radius 1 is 1.07 bits per heavy atom. The molecule has 1 rings (SSSR count). The van der Waals surface area contributed by atoms with E-state index < -0.39 is 8.56 Å². The van der Waals surface area contributed by atoms with Gasteiger partial charge in [0.25, 0.3) is 0 Å². The number of hydrogen-bond donors (Lipinski definition) is 0. The predicted octanol–water partition coefficient (Wildman–Crippen LogP) is 3.81. The Labute approximate surface area is 108 Å². The molecule has 0 aromatic heterocycles. The van der Waals surface area contributed by atoms with Gasteiger partial charge in [0, 0.05) is 22.8 Å². The van der Waals surface area contributed by atoms with Gasteiger partial charge in [-0.05, 0) is 26.7 Å². The van der Waals surface area contributed by atoms with Gasteiger partial charge in [-0.1, -0.05) is 41.9 Å². The molecule has 0 amide bonds. The molecule has 1 fully saturated rings. The summed E-state index contributed by atoms with van der Waals surface area (Å²) in [5.41, 5.74) is 0.739. The molecule has 4 heteroatoms. The lowest BCUT2D eigenvalue weighted by molar-refractivity contribution is 0.170. The maximum atomic E-state index is 6.07. The number of rotatable bonds is 6. The van der Waals surface area contributed by atoms with Crippen LogP contribution in [0.1, 0.15) is 46.0 Å². The molecule has 0 saturated heterocycles. The predicted molar refractivity (Wildman–Crippen MR) is 74.7 cm³/mol. The molecule has 15 heavy (non-hydrogen) atoms. The first-order valence-corrected chi connectivity index (χ1v) is 9.75. The molecular formula is C11H23IO2Si. The lowest BCUT2D eigenvalue weighted by Crippen LogP contribution is -2.50. The standard InChI is InChI=1S/C11H23IO2Si/c1-3-13-15(10-12,14-4-2)11-8-6-5-7-9-11/h11H,3-10H2,1-2H3. The van der Waals surface area contributed by atoms with Crippen LogP contribution in [0.25, 0.3) is 0 Å². The van der Waals surface area contributed by atoms with Gasteiger partial charge in [0.15, 0.2) is 0 Å². The summed E-state index contributed by atoms with van der Waals surface area (Å²) in [5, 5.41) is 0. The molecule has 0 unspecified atom stereocenters. The highest BCUT2D eigenvalue weighted by atomic mass is 127. The minimum Gasteiger partial charge on any atom is -0.394 e. The van der Waals surface area contributed by atoms with E-state index in [1.165, 1.54) is 32.1 Å². The second-order valence-electron chi connectivity index (χ2n) is 4.15. The smallest absolute Gasteiger partial charge is 0.351 e. The number of hydrogen-bond acceptors (Lipinski definition) is 2. The van der Waals surface area contributed by atoms with Gasteiger partial charge >= 0.3 is 8.56 Å². The maximum absolute atomic E-state index is 6.07. The molecule has 0 atom stereocenters. The van der Waals surface area contributed by atoms with Crippen molar-refractivity contribution < 1.29 is 8.85 Å². The summed E-state index contributed by atoms with van der Waals surface area (Å²) in [5.74, 6) is 0. The summed E-state index contributed by atoms with van der Waals surface area (Å²) in [6.07, 6.45) is 6.80. The molecule has 0 bridgehead atoms. The van der Waals surface area contributed by atoms with Gasteiger partial charge in [-0.3, -0.25) is 0 Å². The highest BCUT2D eigenvalue weighted by molar-refractivity contribution is 14.1. The highest BCUT2D eigenvalue weighted by Crippen LogP contribution is 2.39. The summed E-state index contributed by atoms with van der Waals surface area (Å²) in [6, 6.07) is 0. The van der Waals surface area contributed by atoms with Crippen LogP contribution >= 0.6 is 22.6 Å². The average Bonchev–Trinajstić information content (AvgIpc) is 2.30. The van der Waals surface area contributed by atoms with Crippen LogP contribution in [-0.4, -0.2) is 25.8 Å². The largest absolute Gasteiger partial charge is 0.394 e. The fourth-order valence-electron chi connectivity index (χ4n) is 2.49. The molecule has 0 heterocycles. The minimum absolute atomic E-state index is 0.739. The van der Waals surface area contributed by atoms with Crippen molar-refractivity contribution in [2.75, 3.05) is 17.3 Å². The van der Waals surface area contributed by atoms with E-state index in [0.717, 1.165) is 22.8 Å². The van der Waals surface area contributed by atoms with Crippen molar-refractivity contribution in [1.82, 2.24) is 0 Å². The summed E-state index contributed by atoms with van der Waals surface area (Å²) < 4.78 is 13.2. The summed E-state index contributed by atoms with van der Waals surface area (Å²) in [6.45, 7) is 5.81. The van der Waals surface area contributed by atoms with E-state index in [9.17, 15) is 0 Å². The summed E-state index contributed by atoms with van der Waals surface area (Å²) in [4.78, 5) is 0. The van der Waals surface area contributed by atoms with E-state index in [1.807, 2.05) is 0 Å². The molecule has 0 radical (unpaired) electrons. The third-order valence-electron chi connectivity index (χ3n) is 3.19. The van der Waals surface area contributed by atoms with Crippen molar-refractivity contribution in [1.29, 1.82) is 0 Å². The van der Waals surface area contributed by atoms with Crippen molar-refractivity contribution in [3.05, 3.63) is 0 Å². The third-order valence-corrected chi connectivity index (χ3v) is 10.1. The van der Waals surface area contributed by atoms with Crippen LogP contribution in [0.2, 0.25) is 5.54 Å². The quantitative estimate of drug-likeness (QED) is 0.415. The first-order chi connectivity index (χ1) is 7.29. The van der Waals surface area contributed by atoms with E-state index in [1.54, 1.807) is 0 Å². The number of halogens is 1. The monoisotopic (exact) mass is 342 g/mol. The number of alkyl halides is 1. The molecular weight excluding hydrogens is 319 g/mol. The Kier molecular flexibility index (Phi) is 6.73. The molecule has 0 aromatic carbocycles. The first kappa shape index (κ1) is 13.9. The molecule has 0 aromatic rings. The Morgan fingerprint density at radius 2 is 1.60 bits per heavy atom. The molecule has 0 spiro atoms. The Hall–Kier alpha value is 0.867. The van der Waals surface area contributed by atoms with E-state index in [4.69, 9.17) is 8.85 Å². The van der Waals surface area contributed by atoms with Gasteiger partial charge < -0.3 is 8.85 Å². The van der Waals surface area contributed by atoms with E-state index in [2.05, 4.69) is 36.4 Å². The van der Waals surface area contributed by atoms with E-state index in [-0.39, 0.29) is 0 Å². The highest BCUT2D eigenvalue weighted by Gasteiger charge is 2.44. The average molecular weight is 342 g/mol. The van der Waals surface area contributed by atoms with Crippen LogP contribution < -0.4 is 0 Å². The Balaban J connectivity index is 2.66. The molecule has 1 aliphatic carbocycles. The van der Waals surface area contributed by atoms with Gasteiger partial charge in [-0.2, -0.15) is 0 Å². The zero-order valence-electron chi connectivity index (χ0n) is 9.93. The molecule has 0 aliphatic heterocycles. The van der Waals surface area contributed by atoms with Gasteiger partial charge in [0.1, 0.15) is 0 Å². The fourth-order valence-corrected chi connectivity index (χ4v) is 8.88. The first-order valence-electron chi connectivity index (χ1n) is 6.13. The van der Waals surface area contributed by atoms with E-state index in [0.29, 0.717) is 0 Å². The normalized spacial score (nSPS) is 19.4. The van der Waals surface area contributed by atoms with Crippen LogP contribution in [0.3, 0.4) is 0 Å². The van der Waals surface area contributed by atoms with Crippen molar-refractivity contribution >= 4 is 31.2 Å². The van der Waals surface area contributed by atoms with Crippen molar-refractivity contribution in [2.45, 2.75) is 51.5 Å². The SMILES string of the molecule is CCO[Si](CI)(OCC)C1CCCCC1. The molecule has 1 saturated carbocycles.